The molecule has 0 spiro atoms. The Morgan fingerprint density at radius 3 is 2.50 bits per heavy atom. The van der Waals surface area contributed by atoms with Crippen molar-refractivity contribution in [3.05, 3.63) is 64.2 Å². The fourth-order valence-corrected chi connectivity index (χ4v) is 4.75. The predicted octanol–water partition coefficient (Wildman–Crippen LogP) is 5.48. The van der Waals surface area contributed by atoms with E-state index in [0.717, 1.165) is 48.2 Å². The van der Waals surface area contributed by atoms with Gasteiger partial charge in [-0.25, -0.2) is 9.18 Å². The summed E-state index contributed by atoms with van der Waals surface area (Å²) in [5.74, 6) is 0.195. The van der Waals surface area contributed by atoms with E-state index < -0.39 is 5.60 Å². The van der Waals surface area contributed by atoms with Crippen LogP contribution in [0.2, 0.25) is 0 Å². The number of carbonyl (C=O) groups is 1. The third-order valence-corrected chi connectivity index (χ3v) is 6.41. The maximum absolute atomic E-state index is 14.6. The third kappa shape index (κ3) is 4.93. The Morgan fingerprint density at radius 2 is 1.84 bits per heavy atom. The highest BCUT2D eigenvalue weighted by molar-refractivity contribution is 5.68. The van der Waals surface area contributed by atoms with Gasteiger partial charge in [0.15, 0.2) is 0 Å². The van der Waals surface area contributed by atoms with Crippen LogP contribution in [0.4, 0.5) is 9.18 Å². The van der Waals surface area contributed by atoms with Crippen molar-refractivity contribution in [2.45, 2.75) is 70.3 Å². The molecule has 168 valence electrons. The summed E-state index contributed by atoms with van der Waals surface area (Å²) in [5, 5.41) is 9.09. The van der Waals surface area contributed by atoms with E-state index in [1.54, 1.807) is 4.90 Å². The van der Waals surface area contributed by atoms with Crippen LogP contribution in [0.15, 0.2) is 30.3 Å². The number of nitrogens with zero attached hydrogens (tertiary/aromatic N) is 3. The fourth-order valence-electron chi connectivity index (χ4n) is 4.75. The lowest BCUT2D eigenvalue weighted by molar-refractivity contribution is 0.0204. The summed E-state index contributed by atoms with van der Waals surface area (Å²) in [6, 6.07) is 11.3. The van der Waals surface area contributed by atoms with Gasteiger partial charge in [-0.2, -0.15) is 5.26 Å². The van der Waals surface area contributed by atoms with Crippen molar-refractivity contribution in [2.75, 3.05) is 13.1 Å². The number of carbonyl (C=O) groups excluding carboxylic acids is 1. The maximum Gasteiger partial charge on any atom is 0.410 e. The topological polar surface area (TPSA) is 66.2 Å². The van der Waals surface area contributed by atoms with Crippen LogP contribution in [-0.2, 0) is 17.6 Å². The van der Waals surface area contributed by atoms with Crippen molar-refractivity contribution >= 4 is 6.09 Å². The predicted molar refractivity (Wildman–Crippen MR) is 120 cm³/mol. The Balaban J connectivity index is 1.43. The second kappa shape index (κ2) is 8.90. The number of pyridine rings is 1. The number of aromatic nitrogens is 1. The van der Waals surface area contributed by atoms with Crippen molar-refractivity contribution in [1.29, 1.82) is 5.26 Å². The number of fused-ring (bicyclic) bond motifs is 1. The van der Waals surface area contributed by atoms with Gasteiger partial charge in [0.05, 0.1) is 11.6 Å². The molecule has 1 aliphatic heterocycles. The number of aryl methyl sites for hydroxylation is 1. The second-order valence-corrected chi connectivity index (χ2v) is 9.88. The lowest BCUT2D eigenvalue weighted by Gasteiger charge is -2.33. The molecule has 1 aromatic heterocycles. The Hall–Kier alpha value is -2.94. The number of rotatable bonds is 2. The van der Waals surface area contributed by atoms with Crippen LogP contribution in [-0.4, -0.2) is 34.7 Å². The summed E-state index contributed by atoms with van der Waals surface area (Å²) in [4.78, 5) is 19.1. The second-order valence-electron chi connectivity index (χ2n) is 9.88. The molecular weight excluding hydrogens is 405 g/mol. The van der Waals surface area contributed by atoms with Gasteiger partial charge in [-0.3, -0.25) is 4.98 Å². The summed E-state index contributed by atoms with van der Waals surface area (Å²) >= 11 is 0. The van der Waals surface area contributed by atoms with E-state index in [1.165, 1.54) is 6.07 Å². The molecule has 0 radical (unpaired) electrons. The van der Waals surface area contributed by atoms with Crippen LogP contribution >= 0.6 is 0 Å². The van der Waals surface area contributed by atoms with Gasteiger partial charge >= 0.3 is 6.09 Å². The molecule has 2 heterocycles. The van der Waals surface area contributed by atoms with Gasteiger partial charge in [0.1, 0.15) is 11.4 Å². The van der Waals surface area contributed by atoms with E-state index >= 15 is 0 Å². The third-order valence-electron chi connectivity index (χ3n) is 6.41. The molecule has 0 saturated carbocycles. The number of piperidine rings is 1. The van der Waals surface area contributed by atoms with Crippen molar-refractivity contribution in [3.63, 3.8) is 0 Å². The molecule has 32 heavy (non-hydrogen) atoms. The molecule has 0 bridgehead atoms. The van der Waals surface area contributed by atoms with Crippen LogP contribution in [0.25, 0.3) is 0 Å². The Kier molecular flexibility index (Phi) is 6.19. The van der Waals surface area contributed by atoms with Gasteiger partial charge in [-0.05, 0) is 88.3 Å². The van der Waals surface area contributed by atoms with E-state index in [4.69, 9.17) is 15.0 Å². The van der Waals surface area contributed by atoms with E-state index in [9.17, 15) is 9.18 Å². The number of hydrogen-bond donors (Lipinski definition) is 0. The maximum atomic E-state index is 14.6. The molecule has 6 heteroatoms. The van der Waals surface area contributed by atoms with Gasteiger partial charge in [-0.1, -0.05) is 6.07 Å². The number of hydrogen-bond acceptors (Lipinski definition) is 4. The summed E-state index contributed by atoms with van der Waals surface area (Å²) < 4.78 is 20.1. The Bertz CT molecular complexity index is 1050. The van der Waals surface area contributed by atoms with E-state index in [-0.39, 0.29) is 17.8 Å². The first-order chi connectivity index (χ1) is 15.2. The smallest absolute Gasteiger partial charge is 0.410 e. The molecule has 1 atom stereocenters. The summed E-state index contributed by atoms with van der Waals surface area (Å²) in [7, 11) is 0. The first-order valence-electron chi connectivity index (χ1n) is 11.4. The summed E-state index contributed by atoms with van der Waals surface area (Å²) in [5.41, 5.74) is 3.63. The molecule has 2 aliphatic rings. The highest BCUT2D eigenvalue weighted by Gasteiger charge is 2.29. The number of likely N-dealkylation sites (tertiary alicyclic amines) is 1. The van der Waals surface area contributed by atoms with Crippen molar-refractivity contribution in [2.24, 2.45) is 0 Å². The highest BCUT2D eigenvalue weighted by atomic mass is 19.1. The van der Waals surface area contributed by atoms with Crippen LogP contribution in [0.1, 0.15) is 79.9 Å². The molecule has 1 amide bonds. The summed E-state index contributed by atoms with van der Waals surface area (Å²) in [6.07, 6.45) is 3.73. The quantitative estimate of drug-likeness (QED) is 0.627. The molecule has 1 aliphatic carbocycles. The van der Waals surface area contributed by atoms with Crippen molar-refractivity contribution in [1.82, 2.24) is 9.88 Å². The zero-order valence-electron chi connectivity index (χ0n) is 19.0. The minimum Gasteiger partial charge on any atom is -0.444 e. The molecule has 1 fully saturated rings. The van der Waals surface area contributed by atoms with E-state index in [1.807, 2.05) is 45.0 Å². The monoisotopic (exact) mass is 435 g/mol. The van der Waals surface area contributed by atoms with Gasteiger partial charge in [-0.15, -0.1) is 0 Å². The lowest BCUT2D eigenvalue weighted by atomic mass is 9.81. The first-order valence-corrected chi connectivity index (χ1v) is 11.4. The average molecular weight is 436 g/mol. The minimum atomic E-state index is -0.488. The minimum absolute atomic E-state index is 0.173. The number of benzene rings is 1. The molecule has 2 aromatic rings. The van der Waals surface area contributed by atoms with Crippen LogP contribution in [0.3, 0.4) is 0 Å². The van der Waals surface area contributed by atoms with Crippen molar-refractivity contribution in [3.8, 4) is 6.07 Å². The summed E-state index contributed by atoms with van der Waals surface area (Å²) in [6.45, 7) is 6.96. The van der Waals surface area contributed by atoms with Gasteiger partial charge in [0.2, 0.25) is 0 Å². The molecule has 1 aromatic carbocycles. The number of nitriles is 1. The molecule has 1 unspecified atom stereocenters. The number of halogens is 1. The first kappa shape index (κ1) is 22.3. The number of ether oxygens (including phenoxy) is 1. The van der Waals surface area contributed by atoms with Crippen molar-refractivity contribution < 1.29 is 13.9 Å². The van der Waals surface area contributed by atoms with E-state index in [0.29, 0.717) is 31.0 Å². The average Bonchev–Trinajstić information content (AvgIpc) is 2.78. The lowest BCUT2D eigenvalue weighted by Crippen LogP contribution is -2.41. The van der Waals surface area contributed by atoms with Gasteiger partial charge in [0.25, 0.3) is 0 Å². The molecule has 1 saturated heterocycles. The van der Waals surface area contributed by atoms with Gasteiger partial charge < -0.3 is 9.64 Å². The standard InChI is InChI=1S/C26H30FN3O2/c1-26(2,3)32-25(31)30-11-9-18(10-12-30)23-5-4-6-24(29-23)20-8-7-19-13-17(16-28)14-22(27)21(19)15-20/h4-6,13-14,18,20H,7-12,15H2,1-3H3. The number of amides is 1. The van der Waals surface area contributed by atoms with Crippen LogP contribution in [0.5, 0.6) is 0 Å². The Labute approximate surface area is 189 Å². The molecule has 5 nitrogen and oxygen atoms in total. The van der Waals surface area contributed by atoms with E-state index in [2.05, 4.69) is 6.07 Å². The van der Waals surface area contributed by atoms with Crippen LogP contribution in [0, 0.1) is 17.1 Å². The Morgan fingerprint density at radius 1 is 1.16 bits per heavy atom. The largest absolute Gasteiger partial charge is 0.444 e. The normalized spacial score (nSPS) is 19.2. The fraction of sp³-hybridized carbons (Fsp3) is 0.500. The zero-order chi connectivity index (χ0) is 22.9. The zero-order valence-corrected chi connectivity index (χ0v) is 19.0. The highest BCUT2D eigenvalue weighted by Crippen LogP contribution is 2.35. The van der Waals surface area contributed by atoms with Crippen LogP contribution < -0.4 is 0 Å². The SMILES string of the molecule is CC(C)(C)OC(=O)N1CCC(c2cccc(C3CCc4cc(C#N)cc(F)c4C3)n2)CC1. The molecule has 4 rings (SSSR count). The molecule has 0 N–H and O–H groups in total. The van der Waals surface area contributed by atoms with Gasteiger partial charge in [0, 0.05) is 36.3 Å². The molecular formula is C26H30FN3O2.